The van der Waals surface area contributed by atoms with Crippen molar-refractivity contribution in [2.24, 2.45) is 7.05 Å². The van der Waals surface area contributed by atoms with E-state index in [-0.39, 0.29) is 5.95 Å². The molecule has 7 heteroatoms. The fourth-order valence-corrected chi connectivity index (χ4v) is 2.46. The Kier molecular flexibility index (Phi) is 3.04. The maximum absolute atomic E-state index is 14.2. The summed E-state index contributed by atoms with van der Waals surface area (Å²) in [5.41, 5.74) is 8.47. The maximum atomic E-state index is 14.2. The summed E-state index contributed by atoms with van der Waals surface area (Å²) in [6, 6.07) is 4.49. The van der Waals surface area contributed by atoms with Crippen molar-refractivity contribution in [3.8, 4) is 11.4 Å². The molecule has 110 valence electrons. The monoisotopic (exact) mass is 289 g/mol. The van der Waals surface area contributed by atoms with Crippen LogP contribution in [0.1, 0.15) is 12.6 Å². The lowest BCUT2D eigenvalue weighted by atomic mass is 10.2. The molecule has 0 amide bonds. The van der Waals surface area contributed by atoms with Crippen LogP contribution in [0.3, 0.4) is 0 Å². The van der Waals surface area contributed by atoms with Crippen LogP contribution in [0.15, 0.2) is 18.2 Å². The van der Waals surface area contributed by atoms with Crippen molar-refractivity contribution in [1.29, 1.82) is 0 Å². The van der Waals surface area contributed by atoms with Crippen molar-refractivity contribution in [1.82, 2.24) is 19.3 Å². The smallest absolute Gasteiger partial charge is 0.207 e. The molecule has 0 aliphatic heterocycles. The molecule has 0 aliphatic carbocycles. The van der Waals surface area contributed by atoms with Gasteiger partial charge in [-0.15, -0.1) is 0 Å². The second kappa shape index (κ2) is 4.76. The zero-order valence-electron chi connectivity index (χ0n) is 12.1. The highest BCUT2D eigenvalue weighted by Gasteiger charge is 2.20. The lowest BCUT2D eigenvalue weighted by molar-refractivity contribution is 0.413. The van der Waals surface area contributed by atoms with Crippen molar-refractivity contribution in [3.63, 3.8) is 0 Å². The Hall–Kier alpha value is -2.57. The molecule has 0 aliphatic rings. The molecule has 3 rings (SSSR count). The molecule has 2 heterocycles. The van der Waals surface area contributed by atoms with Crippen LogP contribution in [-0.2, 0) is 13.5 Å². The number of nitrogen functional groups attached to an aromatic ring is 1. The zero-order valence-corrected chi connectivity index (χ0v) is 12.1. The molecule has 3 aromatic rings. The molecular weight excluding hydrogens is 273 g/mol. The number of nitrogens with two attached hydrogens (primary N) is 1. The molecule has 0 bridgehead atoms. The Morgan fingerprint density at radius 2 is 2.14 bits per heavy atom. The van der Waals surface area contributed by atoms with Gasteiger partial charge in [-0.3, -0.25) is 4.57 Å². The van der Waals surface area contributed by atoms with E-state index < -0.39 is 5.82 Å². The number of hydrogen-bond acceptors (Lipinski definition) is 4. The molecule has 0 spiro atoms. The summed E-state index contributed by atoms with van der Waals surface area (Å²) in [5, 5.41) is 4.39. The molecular formula is C14H16FN5O. The third-order valence-corrected chi connectivity index (χ3v) is 3.46. The number of imidazole rings is 1. The number of benzene rings is 1. The van der Waals surface area contributed by atoms with Crippen molar-refractivity contribution in [2.75, 3.05) is 12.8 Å². The number of aryl methyl sites for hydroxylation is 2. The molecule has 0 fully saturated rings. The number of ether oxygens (including phenoxy) is 1. The van der Waals surface area contributed by atoms with Gasteiger partial charge in [-0.05, 0) is 18.6 Å². The van der Waals surface area contributed by atoms with Crippen molar-refractivity contribution in [3.05, 3.63) is 29.7 Å². The van der Waals surface area contributed by atoms with Crippen molar-refractivity contribution < 1.29 is 9.13 Å². The molecule has 0 radical (unpaired) electrons. The quantitative estimate of drug-likeness (QED) is 0.801. The first-order chi connectivity index (χ1) is 10.1. The second-order valence-corrected chi connectivity index (χ2v) is 4.72. The first kappa shape index (κ1) is 13.4. The first-order valence-corrected chi connectivity index (χ1v) is 6.60. The van der Waals surface area contributed by atoms with Crippen LogP contribution >= 0.6 is 0 Å². The Bertz CT molecular complexity index is 820. The van der Waals surface area contributed by atoms with E-state index in [1.165, 1.54) is 13.2 Å². The zero-order chi connectivity index (χ0) is 15.1. The third-order valence-electron chi connectivity index (χ3n) is 3.46. The van der Waals surface area contributed by atoms with Crippen LogP contribution in [-0.4, -0.2) is 26.4 Å². The van der Waals surface area contributed by atoms with E-state index >= 15 is 0 Å². The molecule has 6 nitrogen and oxygen atoms in total. The van der Waals surface area contributed by atoms with Gasteiger partial charge < -0.3 is 10.5 Å². The summed E-state index contributed by atoms with van der Waals surface area (Å²) < 4.78 is 22.6. The largest absolute Gasteiger partial charge is 0.497 e. The molecule has 0 saturated heterocycles. The van der Waals surface area contributed by atoms with Gasteiger partial charge in [-0.1, -0.05) is 6.92 Å². The average molecular weight is 289 g/mol. The molecule has 2 aromatic heterocycles. The Morgan fingerprint density at radius 1 is 1.38 bits per heavy atom. The lowest BCUT2D eigenvalue weighted by Gasteiger charge is -2.10. The van der Waals surface area contributed by atoms with Crippen LogP contribution in [0.4, 0.5) is 10.3 Å². The number of methoxy groups -OCH3 is 1. The topological polar surface area (TPSA) is 70.9 Å². The van der Waals surface area contributed by atoms with Gasteiger partial charge in [0, 0.05) is 13.1 Å². The normalized spacial score (nSPS) is 11.2. The Morgan fingerprint density at radius 3 is 2.81 bits per heavy atom. The van der Waals surface area contributed by atoms with E-state index in [9.17, 15) is 4.39 Å². The molecule has 0 atom stereocenters. The van der Waals surface area contributed by atoms with Gasteiger partial charge in [-0.2, -0.15) is 5.10 Å². The van der Waals surface area contributed by atoms with Gasteiger partial charge in [0.2, 0.25) is 5.95 Å². The van der Waals surface area contributed by atoms with E-state index in [0.29, 0.717) is 22.6 Å². The minimum absolute atomic E-state index is 0.222. The number of fused-ring (bicyclic) bond motifs is 1. The first-order valence-electron chi connectivity index (χ1n) is 6.60. The maximum Gasteiger partial charge on any atom is 0.207 e. The minimum Gasteiger partial charge on any atom is -0.497 e. The van der Waals surface area contributed by atoms with Gasteiger partial charge in [-0.25, -0.2) is 14.1 Å². The minimum atomic E-state index is -0.402. The predicted octanol–water partition coefficient (Wildman–Crippen LogP) is 2.05. The molecule has 1 aromatic carbocycles. The van der Waals surface area contributed by atoms with Crippen molar-refractivity contribution in [2.45, 2.75) is 13.3 Å². The number of hydrogen-bond donors (Lipinski definition) is 1. The summed E-state index contributed by atoms with van der Waals surface area (Å²) in [5.74, 6) is 0.367. The van der Waals surface area contributed by atoms with Crippen LogP contribution in [0.5, 0.6) is 5.75 Å². The van der Waals surface area contributed by atoms with Crippen LogP contribution in [0.2, 0.25) is 0 Å². The van der Waals surface area contributed by atoms with Gasteiger partial charge in [0.25, 0.3) is 0 Å². The van der Waals surface area contributed by atoms with Crippen LogP contribution in [0, 0.1) is 5.82 Å². The van der Waals surface area contributed by atoms with Crippen LogP contribution in [0.25, 0.3) is 16.9 Å². The molecule has 0 saturated carbocycles. The van der Waals surface area contributed by atoms with Crippen LogP contribution < -0.4 is 10.5 Å². The molecule has 2 N–H and O–H groups in total. The summed E-state index contributed by atoms with van der Waals surface area (Å²) in [6.07, 6.45) is 0.731. The predicted molar refractivity (Wildman–Crippen MR) is 78.1 cm³/mol. The average Bonchev–Trinajstić information content (AvgIpc) is 2.96. The second-order valence-electron chi connectivity index (χ2n) is 4.72. The van der Waals surface area contributed by atoms with E-state index in [1.54, 1.807) is 28.4 Å². The summed E-state index contributed by atoms with van der Waals surface area (Å²) in [7, 11) is 3.32. The highest BCUT2D eigenvalue weighted by atomic mass is 19.1. The highest BCUT2D eigenvalue weighted by Crippen LogP contribution is 2.28. The fraction of sp³-hybridized carbons (Fsp3) is 0.286. The Labute approximate surface area is 120 Å². The highest BCUT2D eigenvalue weighted by molar-refractivity contribution is 5.80. The van der Waals surface area contributed by atoms with Crippen molar-refractivity contribution >= 4 is 17.1 Å². The number of anilines is 1. The van der Waals surface area contributed by atoms with Gasteiger partial charge in [0.1, 0.15) is 17.1 Å². The van der Waals surface area contributed by atoms with E-state index in [2.05, 4.69) is 10.1 Å². The van der Waals surface area contributed by atoms with E-state index in [0.717, 1.165) is 12.1 Å². The number of aromatic nitrogens is 4. The fourth-order valence-electron chi connectivity index (χ4n) is 2.46. The summed E-state index contributed by atoms with van der Waals surface area (Å²) in [4.78, 5) is 4.33. The number of nitrogens with zero attached hydrogens (tertiary/aromatic N) is 4. The van der Waals surface area contributed by atoms with Gasteiger partial charge in [0.15, 0.2) is 5.65 Å². The molecule has 21 heavy (non-hydrogen) atoms. The summed E-state index contributed by atoms with van der Waals surface area (Å²) >= 11 is 0. The van der Waals surface area contributed by atoms with E-state index in [4.69, 9.17) is 10.5 Å². The number of rotatable bonds is 3. The Balaban J connectivity index is 2.35. The number of halogens is 1. The van der Waals surface area contributed by atoms with Gasteiger partial charge in [0.05, 0.1) is 18.5 Å². The third kappa shape index (κ3) is 1.93. The SMILES string of the molecule is CCc1nn(C)c2c1nc(N)n2-c1cc(OC)ccc1F. The standard InChI is InChI=1S/C14H16FN5O/c1-4-10-12-13(19(2)18-10)20(14(16)17-12)11-7-8(21-3)5-6-9(11)15/h5-7H,4H2,1-3H3,(H2,16,17). The lowest BCUT2D eigenvalue weighted by Crippen LogP contribution is -2.07. The molecule has 0 unspecified atom stereocenters. The summed E-state index contributed by atoms with van der Waals surface area (Å²) in [6.45, 7) is 1.99. The van der Waals surface area contributed by atoms with E-state index in [1.807, 2.05) is 6.92 Å². The van der Waals surface area contributed by atoms with Gasteiger partial charge >= 0.3 is 0 Å².